The van der Waals surface area contributed by atoms with Crippen molar-refractivity contribution in [1.29, 1.82) is 0 Å². The van der Waals surface area contributed by atoms with E-state index in [-0.39, 0.29) is 0 Å². The molecule has 0 aromatic heterocycles. The lowest BCUT2D eigenvalue weighted by Gasteiger charge is -2.51. The Morgan fingerprint density at radius 3 is 2.59 bits per heavy atom. The Balaban J connectivity index is 2.22. The summed E-state index contributed by atoms with van der Waals surface area (Å²) in [4.78, 5) is 2.78. The molecule has 0 bridgehead atoms. The molecule has 2 fully saturated rings. The first-order chi connectivity index (χ1) is 8.14. The van der Waals surface area contributed by atoms with Crippen molar-refractivity contribution in [3.63, 3.8) is 0 Å². The van der Waals surface area contributed by atoms with Crippen molar-refractivity contribution >= 4 is 0 Å². The fraction of sp³-hybridized carbons (Fsp3) is 1.00. The Morgan fingerprint density at radius 2 is 2.06 bits per heavy atom. The van der Waals surface area contributed by atoms with Gasteiger partial charge < -0.3 is 5.73 Å². The standard InChI is InChI=1S/C15H30N2/c1-4-14-7-5-6-8-15(14,11-16)17-10-12(2)9-13(17)3/h12-14H,4-11,16H2,1-3H3. The van der Waals surface area contributed by atoms with Crippen molar-refractivity contribution in [3.05, 3.63) is 0 Å². The molecule has 2 nitrogen and oxygen atoms in total. The SMILES string of the molecule is CCC1CCCCC1(CN)N1CC(C)CC1C. The zero-order valence-electron chi connectivity index (χ0n) is 11.9. The summed E-state index contributed by atoms with van der Waals surface area (Å²) in [7, 11) is 0. The summed E-state index contributed by atoms with van der Waals surface area (Å²) in [6, 6.07) is 0.737. The lowest BCUT2D eigenvalue weighted by molar-refractivity contribution is -0.00241. The van der Waals surface area contributed by atoms with Gasteiger partial charge in [-0.25, -0.2) is 0 Å². The lowest BCUT2D eigenvalue weighted by atomic mass is 9.70. The first-order valence-electron chi connectivity index (χ1n) is 7.61. The van der Waals surface area contributed by atoms with Gasteiger partial charge in [-0.05, 0) is 38.0 Å². The summed E-state index contributed by atoms with van der Waals surface area (Å²) in [6.45, 7) is 9.29. The summed E-state index contributed by atoms with van der Waals surface area (Å²) in [6.07, 6.45) is 8.18. The van der Waals surface area contributed by atoms with Gasteiger partial charge in [-0.15, -0.1) is 0 Å². The van der Waals surface area contributed by atoms with Crippen LogP contribution in [-0.2, 0) is 0 Å². The maximum absolute atomic E-state index is 6.25. The van der Waals surface area contributed by atoms with E-state index in [4.69, 9.17) is 5.73 Å². The highest BCUT2D eigenvalue weighted by molar-refractivity contribution is 5.03. The van der Waals surface area contributed by atoms with Crippen molar-refractivity contribution < 1.29 is 0 Å². The minimum Gasteiger partial charge on any atom is -0.329 e. The van der Waals surface area contributed by atoms with Crippen molar-refractivity contribution in [2.75, 3.05) is 13.1 Å². The van der Waals surface area contributed by atoms with Crippen LogP contribution in [0.5, 0.6) is 0 Å². The third-order valence-corrected chi connectivity index (χ3v) is 5.37. The molecule has 4 unspecified atom stereocenters. The number of rotatable bonds is 3. The van der Waals surface area contributed by atoms with Crippen molar-refractivity contribution in [1.82, 2.24) is 4.90 Å². The van der Waals surface area contributed by atoms with Gasteiger partial charge in [-0.1, -0.05) is 33.1 Å². The molecular weight excluding hydrogens is 208 g/mol. The molecule has 2 N–H and O–H groups in total. The van der Waals surface area contributed by atoms with Crippen LogP contribution < -0.4 is 5.73 Å². The Labute approximate surface area is 107 Å². The van der Waals surface area contributed by atoms with Crippen LogP contribution in [0.4, 0.5) is 0 Å². The topological polar surface area (TPSA) is 29.3 Å². The van der Waals surface area contributed by atoms with Gasteiger partial charge in [0, 0.05) is 24.7 Å². The molecule has 2 aliphatic rings. The molecule has 2 heteroatoms. The van der Waals surface area contributed by atoms with Crippen molar-refractivity contribution in [2.45, 2.75) is 70.9 Å². The molecule has 1 aliphatic heterocycles. The van der Waals surface area contributed by atoms with E-state index >= 15 is 0 Å². The molecule has 0 aromatic rings. The second-order valence-electron chi connectivity index (χ2n) is 6.50. The summed E-state index contributed by atoms with van der Waals surface area (Å²) in [5, 5.41) is 0. The van der Waals surface area contributed by atoms with Gasteiger partial charge in [-0.2, -0.15) is 0 Å². The van der Waals surface area contributed by atoms with E-state index in [0.29, 0.717) is 5.54 Å². The molecule has 0 radical (unpaired) electrons. The zero-order valence-corrected chi connectivity index (χ0v) is 11.9. The van der Waals surface area contributed by atoms with Crippen LogP contribution in [0.1, 0.15) is 59.3 Å². The molecule has 0 aromatic carbocycles. The van der Waals surface area contributed by atoms with Gasteiger partial charge in [0.2, 0.25) is 0 Å². The van der Waals surface area contributed by atoms with Crippen LogP contribution in [-0.4, -0.2) is 29.6 Å². The Kier molecular flexibility index (Phi) is 4.14. The van der Waals surface area contributed by atoms with Crippen LogP contribution in [0.2, 0.25) is 0 Å². The second kappa shape index (κ2) is 5.27. The second-order valence-corrected chi connectivity index (χ2v) is 6.50. The van der Waals surface area contributed by atoms with E-state index < -0.39 is 0 Å². The van der Waals surface area contributed by atoms with Crippen LogP contribution in [0.3, 0.4) is 0 Å². The Hall–Kier alpha value is -0.0800. The van der Waals surface area contributed by atoms with Gasteiger partial charge in [0.1, 0.15) is 0 Å². The average molecular weight is 238 g/mol. The minimum atomic E-state index is 0.331. The van der Waals surface area contributed by atoms with Crippen LogP contribution in [0.15, 0.2) is 0 Å². The maximum Gasteiger partial charge on any atom is 0.0362 e. The summed E-state index contributed by atoms with van der Waals surface area (Å²) >= 11 is 0. The largest absolute Gasteiger partial charge is 0.329 e. The highest BCUT2D eigenvalue weighted by Crippen LogP contribution is 2.43. The zero-order chi connectivity index (χ0) is 12.5. The van der Waals surface area contributed by atoms with Gasteiger partial charge in [0.05, 0.1) is 0 Å². The number of likely N-dealkylation sites (tertiary alicyclic amines) is 1. The molecule has 100 valence electrons. The molecule has 1 heterocycles. The first-order valence-corrected chi connectivity index (χ1v) is 7.61. The van der Waals surface area contributed by atoms with Gasteiger partial charge in [0.25, 0.3) is 0 Å². The number of hydrogen-bond donors (Lipinski definition) is 1. The monoisotopic (exact) mass is 238 g/mol. The molecule has 0 amide bonds. The van der Waals surface area contributed by atoms with Crippen molar-refractivity contribution in [2.24, 2.45) is 17.6 Å². The van der Waals surface area contributed by atoms with E-state index in [1.165, 1.54) is 45.1 Å². The summed E-state index contributed by atoms with van der Waals surface area (Å²) < 4.78 is 0. The van der Waals surface area contributed by atoms with E-state index in [0.717, 1.165) is 24.4 Å². The summed E-state index contributed by atoms with van der Waals surface area (Å²) in [5.74, 6) is 1.68. The Bertz CT molecular complexity index is 253. The predicted octanol–water partition coefficient (Wildman–Crippen LogP) is 3.01. The molecule has 1 saturated heterocycles. The predicted molar refractivity (Wildman–Crippen MR) is 74.0 cm³/mol. The minimum absolute atomic E-state index is 0.331. The fourth-order valence-corrected chi connectivity index (χ4v) is 4.56. The van der Waals surface area contributed by atoms with Crippen LogP contribution >= 0.6 is 0 Å². The van der Waals surface area contributed by atoms with Crippen molar-refractivity contribution in [3.8, 4) is 0 Å². The smallest absolute Gasteiger partial charge is 0.0362 e. The number of nitrogens with zero attached hydrogens (tertiary/aromatic N) is 1. The van der Waals surface area contributed by atoms with Gasteiger partial charge in [0.15, 0.2) is 0 Å². The van der Waals surface area contributed by atoms with Crippen LogP contribution in [0.25, 0.3) is 0 Å². The third-order valence-electron chi connectivity index (χ3n) is 5.37. The molecule has 1 aliphatic carbocycles. The van der Waals surface area contributed by atoms with E-state index in [9.17, 15) is 0 Å². The molecule has 2 rings (SSSR count). The lowest BCUT2D eigenvalue weighted by Crippen LogP contribution is -2.60. The highest BCUT2D eigenvalue weighted by atomic mass is 15.3. The van der Waals surface area contributed by atoms with Gasteiger partial charge >= 0.3 is 0 Å². The van der Waals surface area contributed by atoms with Crippen LogP contribution in [0, 0.1) is 11.8 Å². The third kappa shape index (κ3) is 2.26. The number of hydrogen-bond acceptors (Lipinski definition) is 2. The molecule has 4 atom stereocenters. The fourth-order valence-electron chi connectivity index (χ4n) is 4.56. The summed E-state index contributed by atoms with van der Waals surface area (Å²) in [5.41, 5.74) is 6.58. The number of nitrogens with two attached hydrogens (primary N) is 1. The highest BCUT2D eigenvalue weighted by Gasteiger charge is 2.47. The van der Waals surface area contributed by atoms with E-state index in [2.05, 4.69) is 25.7 Å². The average Bonchev–Trinajstić information content (AvgIpc) is 2.68. The molecular formula is C15H30N2. The molecule has 1 saturated carbocycles. The Morgan fingerprint density at radius 1 is 1.29 bits per heavy atom. The maximum atomic E-state index is 6.25. The first kappa shape index (κ1) is 13.4. The molecule has 17 heavy (non-hydrogen) atoms. The normalized spacial score (nSPS) is 44.1. The van der Waals surface area contributed by atoms with Gasteiger partial charge in [-0.3, -0.25) is 4.90 Å². The quantitative estimate of drug-likeness (QED) is 0.819. The molecule has 0 spiro atoms. The van der Waals surface area contributed by atoms with E-state index in [1.54, 1.807) is 0 Å². The van der Waals surface area contributed by atoms with E-state index in [1.807, 2.05) is 0 Å².